The molecule has 1 saturated carbocycles. The third-order valence-electron chi connectivity index (χ3n) is 6.06. The minimum atomic E-state index is -1.46. The topological polar surface area (TPSA) is 78.5 Å². The van der Waals surface area contributed by atoms with Crippen molar-refractivity contribution >= 4 is 22.8 Å². The first-order valence-electron chi connectivity index (χ1n) is 11.3. The molecule has 1 saturated heterocycles. The van der Waals surface area contributed by atoms with Gasteiger partial charge in [0.25, 0.3) is 0 Å². The van der Waals surface area contributed by atoms with Crippen LogP contribution in [0.25, 0.3) is 0 Å². The molecule has 1 unspecified atom stereocenters. The molecule has 2 N–H and O–H groups in total. The van der Waals surface area contributed by atoms with E-state index in [-0.39, 0.29) is 42.2 Å². The lowest BCUT2D eigenvalue weighted by Crippen LogP contribution is -2.49. The summed E-state index contributed by atoms with van der Waals surface area (Å²) < 4.78 is 56.7. The summed E-state index contributed by atoms with van der Waals surface area (Å²) in [5.41, 5.74) is 0.00700. The Balaban J connectivity index is 1.65. The number of carbonyl (C=O) groups is 2. The smallest absolute Gasteiger partial charge is 0.232 e. The highest BCUT2D eigenvalue weighted by atomic mass is 32.2. The summed E-state index contributed by atoms with van der Waals surface area (Å²) in [6.45, 7) is 6.25. The van der Waals surface area contributed by atoms with E-state index in [0.29, 0.717) is 32.0 Å². The van der Waals surface area contributed by atoms with Crippen LogP contribution in [0.5, 0.6) is 0 Å². The Hall–Kier alpha value is -1.94. The summed E-state index contributed by atoms with van der Waals surface area (Å²) in [7, 11) is -1.46. The Morgan fingerprint density at radius 3 is 2.24 bits per heavy atom. The van der Waals surface area contributed by atoms with Gasteiger partial charge in [0.1, 0.15) is 12.2 Å². The number of likely N-dealkylation sites (tertiary alicyclic amines) is 1. The maximum Gasteiger partial charge on any atom is 0.232 e. The monoisotopic (exact) mass is 487 g/mol. The molecule has 0 spiro atoms. The van der Waals surface area contributed by atoms with Crippen LogP contribution in [0.4, 0.5) is 13.2 Å². The Morgan fingerprint density at radius 2 is 1.67 bits per heavy atom. The maximum atomic E-state index is 14.3. The van der Waals surface area contributed by atoms with Gasteiger partial charge in [-0.2, -0.15) is 0 Å². The molecule has 0 bridgehead atoms. The number of benzene rings is 1. The second-order valence-corrected chi connectivity index (χ2v) is 11.9. The Kier molecular flexibility index (Phi) is 8.21. The van der Waals surface area contributed by atoms with Crippen LogP contribution >= 0.6 is 0 Å². The van der Waals surface area contributed by atoms with Crippen molar-refractivity contribution in [3.8, 4) is 0 Å². The number of nitrogens with zero attached hydrogens (tertiary/aromatic N) is 1. The van der Waals surface area contributed by atoms with E-state index < -0.39 is 39.2 Å². The van der Waals surface area contributed by atoms with E-state index in [1.165, 1.54) is 0 Å². The number of halogens is 3. The lowest BCUT2D eigenvalue weighted by molar-refractivity contribution is -0.137. The largest absolute Gasteiger partial charge is 0.353 e. The van der Waals surface area contributed by atoms with Crippen molar-refractivity contribution < 1.29 is 27.0 Å². The molecule has 2 atom stereocenters. The van der Waals surface area contributed by atoms with Crippen LogP contribution in [0.2, 0.25) is 0 Å². The van der Waals surface area contributed by atoms with E-state index in [0.717, 1.165) is 18.9 Å². The number of amides is 2. The lowest BCUT2D eigenvalue weighted by atomic mass is 9.86. The first-order valence-corrected chi connectivity index (χ1v) is 12.5. The number of piperidine rings is 1. The minimum absolute atomic E-state index is 0.00700. The van der Waals surface area contributed by atoms with E-state index in [1.54, 1.807) is 25.7 Å². The van der Waals surface area contributed by atoms with Gasteiger partial charge in [-0.15, -0.1) is 0 Å². The van der Waals surface area contributed by atoms with Gasteiger partial charge >= 0.3 is 0 Å². The first-order chi connectivity index (χ1) is 15.4. The molecule has 33 heavy (non-hydrogen) atoms. The summed E-state index contributed by atoms with van der Waals surface area (Å²) in [4.78, 5) is 26.0. The molecule has 0 radical (unpaired) electrons. The zero-order valence-electron chi connectivity index (χ0n) is 19.3. The van der Waals surface area contributed by atoms with Crippen LogP contribution in [0.1, 0.15) is 58.4 Å². The lowest BCUT2D eigenvalue weighted by Gasteiger charge is -2.37. The summed E-state index contributed by atoms with van der Waals surface area (Å²) in [6.07, 6.45) is 2.87. The van der Waals surface area contributed by atoms with Crippen molar-refractivity contribution in [2.45, 2.75) is 76.1 Å². The zero-order valence-corrected chi connectivity index (χ0v) is 20.1. The highest BCUT2D eigenvalue weighted by molar-refractivity contribution is 7.84. The van der Waals surface area contributed by atoms with E-state index in [2.05, 4.69) is 10.0 Å². The molecule has 6 nitrogen and oxygen atoms in total. The van der Waals surface area contributed by atoms with Gasteiger partial charge < -0.3 is 10.2 Å². The third kappa shape index (κ3) is 7.27. The van der Waals surface area contributed by atoms with E-state index in [1.807, 2.05) is 0 Å². The van der Waals surface area contributed by atoms with Crippen LogP contribution in [-0.4, -0.2) is 50.8 Å². The maximum absolute atomic E-state index is 14.3. The van der Waals surface area contributed by atoms with Gasteiger partial charge in [-0.25, -0.2) is 22.1 Å². The zero-order chi connectivity index (χ0) is 24.3. The minimum Gasteiger partial charge on any atom is -0.353 e. The van der Waals surface area contributed by atoms with Crippen molar-refractivity contribution in [1.29, 1.82) is 0 Å². The van der Waals surface area contributed by atoms with Gasteiger partial charge in [-0.05, 0) is 70.4 Å². The van der Waals surface area contributed by atoms with Crippen molar-refractivity contribution in [2.24, 2.45) is 5.92 Å². The van der Waals surface area contributed by atoms with Gasteiger partial charge in [0.2, 0.25) is 11.8 Å². The van der Waals surface area contributed by atoms with Crippen molar-refractivity contribution in [2.75, 3.05) is 13.1 Å². The standard InChI is InChI=1S/C23H32F3N3O3S/c1-23(2,3)33(32)28-20(11-15-10-18(25)19(26)12-17(15)24)14-6-8-29(9-7-14)22(31)13-21(30)27-16-4-5-16/h10,12,14,16,20,28H,4-9,11,13H2,1-3H3,(H,27,30)/t20-,33?/m1/s1. The van der Waals surface area contributed by atoms with Crippen molar-refractivity contribution in [3.63, 3.8) is 0 Å². The van der Waals surface area contributed by atoms with Gasteiger partial charge in [-0.3, -0.25) is 9.59 Å². The number of carbonyl (C=O) groups excluding carboxylic acids is 2. The highest BCUT2D eigenvalue weighted by Crippen LogP contribution is 2.27. The highest BCUT2D eigenvalue weighted by Gasteiger charge is 2.33. The molecule has 1 aromatic carbocycles. The van der Waals surface area contributed by atoms with Crippen molar-refractivity contribution in [1.82, 2.24) is 14.9 Å². The number of rotatable bonds is 8. The number of hydrogen-bond donors (Lipinski definition) is 2. The molecule has 1 heterocycles. The van der Waals surface area contributed by atoms with E-state index in [9.17, 15) is 27.0 Å². The predicted octanol–water partition coefficient (Wildman–Crippen LogP) is 2.97. The van der Waals surface area contributed by atoms with Gasteiger partial charge in [-0.1, -0.05) is 0 Å². The van der Waals surface area contributed by atoms with Gasteiger partial charge in [0.05, 0.1) is 15.7 Å². The Labute approximate surface area is 195 Å². The number of nitrogens with one attached hydrogen (secondary N) is 2. The summed E-state index contributed by atoms with van der Waals surface area (Å²) >= 11 is 0. The molecule has 184 valence electrons. The molecule has 2 aliphatic rings. The van der Waals surface area contributed by atoms with Gasteiger partial charge in [0, 0.05) is 31.2 Å². The van der Waals surface area contributed by atoms with Crippen LogP contribution in [0, 0.1) is 23.4 Å². The third-order valence-corrected chi connectivity index (χ3v) is 7.69. The predicted molar refractivity (Wildman–Crippen MR) is 120 cm³/mol. The summed E-state index contributed by atoms with van der Waals surface area (Å²) in [5, 5.41) is 2.80. The molecule has 10 heteroatoms. The van der Waals surface area contributed by atoms with Crippen LogP contribution < -0.4 is 10.0 Å². The first kappa shape index (κ1) is 25.7. The fourth-order valence-corrected chi connectivity index (χ4v) is 4.79. The molecule has 3 rings (SSSR count). The molecule has 1 aromatic rings. The SMILES string of the molecule is CC(C)(C)S(=O)N[C@H](Cc1cc(F)c(F)cc1F)C1CCN(C(=O)CC(=O)NC2CC2)CC1. The summed E-state index contributed by atoms with van der Waals surface area (Å²) in [6, 6.07) is 1.11. The average Bonchev–Trinajstić information content (AvgIpc) is 3.54. The molecule has 2 amide bonds. The van der Waals surface area contributed by atoms with Crippen LogP contribution in [-0.2, 0) is 27.0 Å². The van der Waals surface area contributed by atoms with Crippen LogP contribution in [0.15, 0.2) is 12.1 Å². The summed E-state index contributed by atoms with van der Waals surface area (Å²) in [5.74, 6) is -3.80. The van der Waals surface area contributed by atoms with Gasteiger partial charge in [0.15, 0.2) is 11.6 Å². The molecule has 2 fully saturated rings. The average molecular weight is 488 g/mol. The normalized spacial score (nSPS) is 19.3. The molecular weight excluding hydrogens is 455 g/mol. The van der Waals surface area contributed by atoms with Crippen LogP contribution in [0.3, 0.4) is 0 Å². The Morgan fingerprint density at radius 1 is 1.06 bits per heavy atom. The Bertz CT molecular complexity index is 910. The fourth-order valence-electron chi connectivity index (χ4n) is 3.88. The van der Waals surface area contributed by atoms with E-state index >= 15 is 0 Å². The molecular formula is C23H32F3N3O3S. The molecule has 1 aliphatic heterocycles. The molecule has 1 aliphatic carbocycles. The van der Waals surface area contributed by atoms with E-state index in [4.69, 9.17) is 0 Å². The number of hydrogen-bond acceptors (Lipinski definition) is 3. The second kappa shape index (κ2) is 10.5. The quantitative estimate of drug-likeness (QED) is 0.437. The fraction of sp³-hybridized carbons (Fsp3) is 0.652. The second-order valence-electron chi connectivity index (χ2n) is 9.90. The van der Waals surface area contributed by atoms with Crippen molar-refractivity contribution in [3.05, 3.63) is 35.1 Å². The molecule has 0 aromatic heterocycles.